The number of nitrogens with two attached hydrogens (primary N) is 1. The van der Waals surface area contributed by atoms with E-state index < -0.39 is 5.91 Å². The Kier molecular flexibility index (Phi) is 5.63. The van der Waals surface area contributed by atoms with Gasteiger partial charge in [-0.2, -0.15) is 0 Å². The van der Waals surface area contributed by atoms with Gasteiger partial charge < -0.3 is 16.4 Å². The van der Waals surface area contributed by atoms with Gasteiger partial charge in [0.25, 0.3) is 0 Å². The van der Waals surface area contributed by atoms with E-state index in [0.29, 0.717) is 30.9 Å². The molecule has 0 aliphatic heterocycles. The fourth-order valence-corrected chi connectivity index (χ4v) is 1.30. The number of hydrogen-bond acceptors (Lipinski definition) is 4. The van der Waals surface area contributed by atoms with Crippen molar-refractivity contribution in [2.75, 3.05) is 18.4 Å². The predicted molar refractivity (Wildman–Crippen MR) is 69.2 cm³/mol. The first-order chi connectivity index (χ1) is 8.63. The third-order valence-corrected chi connectivity index (χ3v) is 2.28. The lowest BCUT2D eigenvalue weighted by molar-refractivity contribution is -0.120. The average Bonchev–Trinajstić information content (AvgIpc) is 2.37. The molecule has 0 unspecified atom stereocenters. The normalized spacial score (nSPS) is 9.83. The van der Waals surface area contributed by atoms with Crippen LogP contribution < -0.4 is 16.4 Å². The summed E-state index contributed by atoms with van der Waals surface area (Å²) in [6.07, 6.45) is 2.72. The van der Waals surface area contributed by atoms with Crippen LogP contribution in [-0.4, -0.2) is 29.9 Å². The Morgan fingerprint density at radius 2 is 2.11 bits per heavy atom. The zero-order valence-electron chi connectivity index (χ0n) is 10.4. The largest absolute Gasteiger partial charge is 0.370 e. The van der Waals surface area contributed by atoms with Crippen LogP contribution in [0.1, 0.15) is 30.1 Å². The lowest BCUT2D eigenvalue weighted by Gasteiger charge is -2.06. The lowest BCUT2D eigenvalue weighted by Crippen LogP contribution is -2.26. The molecule has 1 heterocycles. The number of primary amides is 1. The number of nitrogens with zero attached hydrogens (tertiary/aromatic N) is 1. The molecule has 0 spiro atoms. The first-order valence-electron chi connectivity index (χ1n) is 5.90. The van der Waals surface area contributed by atoms with E-state index >= 15 is 0 Å². The van der Waals surface area contributed by atoms with E-state index in [1.807, 2.05) is 6.92 Å². The molecule has 1 aromatic heterocycles. The second-order valence-electron chi connectivity index (χ2n) is 3.82. The number of amides is 2. The van der Waals surface area contributed by atoms with Crippen LogP contribution in [0, 0.1) is 0 Å². The third kappa shape index (κ3) is 4.82. The first-order valence-corrected chi connectivity index (χ1v) is 5.90. The predicted octanol–water partition coefficient (Wildman–Crippen LogP) is 0.509. The van der Waals surface area contributed by atoms with Crippen molar-refractivity contribution in [3.8, 4) is 0 Å². The van der Waals surface area contributed by atoms with Gasteiger partial charge in [0.15, 0.2) is 0 Å². The van der Waals surface area contributed by atoms with Gasteiger partial charge in [0, 0.05) is 25.7 Å². The van der Waals surface area contributed by atoms with Gasteiger partial charge in [-0.15, -0.1) is 0 Å². The van der Waals surface area contributed by atoms with Crippen molar-refractivity contribution in [1.82, 2.24) is 10.3 Å². The molecule has 0 saturated heterocycles. The molecule has 0 saturated carbocycles. The van der Waals surface area contributed by atoms with Crippen molar-refractivity contribution >= 4 is 17.6 Å². The number of carbonyl (C=O) groups is 2. The SMILES string of the molecule is CCCNC(=O)CCNc1ccc(C(N)=O)cn1. The van der Waals surface area contributed by atoms with Crippen LogP contribution in [0.15, 0.2) is 18.3 Å². The molecule has 1 rings (SSSR count). The molecule has 6 heteroatoms. The summed E-state index contributed by atoms with van der Waals surface area (Å²) < 4.78 is 0. The van der Waals surface area contributed by atoms with Gasteiger partial charge in [0.05, 0.1) is 5.56 Å². The van der Waals surface area contributed by atoms with Gasteiger partial charge >= 0.3 is 0 Å². The number of carbonyl (C=O) groups excluding carboxylic acids is 2. The fraction of sp³-hybridized carbons (Fsp3) is 0.417. The number of rotatable bonds is 7. The highest BCUT2D eigenvalue weighted by Gasteiger charge is 2.02. The summed E-state index contributed by atoms with van der Waals surface area (Å²) in [5.74, 6) is 0.120. The van der Waals surface area contributed by atoms with E-state index in [0.717, 1.165) is 6.42 Å². The molecule has 18 heavy (non-hydrogen) atoms. The van der Waals surface area contributed by atoms with Crippen LogP contribution in [0.25, 0.3) is 0 Å². The van der Waals surface area contributed by atoms with Crippen LogP contribution in [-0.2, 0) is 4.79 Å². The van der Waals surface area contributed by atoms with Crippen molar-refractivity contribution in [2.45, 2.75) is 19.8 Å². The molecule has 0 fully saturated rings. The summed E-state index contributed by atoms with van der Waals surface area (Å²) in [7, 11) is 0. The molecule has 98 valence electrons. The maximum Gasteiger partial charge on any atom is 0.250 e. The summed E-state index contributed by atoms with van der Waals surface area (Å²) in [5.41, 5.74) is 5.46. The van der Waals surface area contributed by atoms with Crippen LogP contribution in [0.4, 0.5) is 5.82 Å². The second kappa shape index (κ2) is 7.26. The monoisotopic (exact) mass is 250 g/mol. The summed E-state index contributed by atoms with van der Waals surface area (Å²) in [4.78, 5) is 26.1. The molecular formula is C12H18N4O2. The van der Waals surface area contributed by atoms with Crippen molar-refractivity contribution < 1.29 is 9.59 Å². The Labute approximate surface area is 106 Å². The van der Waals surface area contributed by atoms with Gasteiger partial charge in [-0.3, -0.25) is 9.59 Å². The van der Waals surface area contributed by atoms with E-state index in [1.165, 1.54) is 6.20 Å². The topological polar surface area (TPSA) is 97.1 Å². The van der Waals surface area contributed by atoms with Crippen LogP contribution >= 0.6 is 0 Å². The smallest absolute Gasteiger partial charge is 0.250 e. The van der Waals surface area contributed by atoms with Crippen LogP contribution in [0.3, 0.4) is 0 Å². The maximum absolute atomic E-state index is 11.3. The summed E-state index contributed by atoms with van der Waals surface area (Å²) >= 11 is 0. The number of anilines is 1. The molecule has 6 nitrogen and oxygen atoms in total. The van der Waals surface area contributed by atoms with E-state index in [-0.39, 0.29) is 5.91 Å². The third-order valence-electron chi connectivity index (χ3n) is 2.28. The molecule has 1 aromatic rings. The molecule has 0 bridgehead atoms. The van der Waals surface area contributed by atoms with Crippen molar-refractivity contribution in [3.05, 3.63) is 23.9 Å². The van der Waals surface area contributed by atoms with Crippen molar-refractivity contribution in [2.24, 2.45) is 5.73 Å². The molecule has 0 aliphatic rings. The highest BCUT2D eigenvalue weighted by molar-refractivity contribution is 5.92. The molecule has 0 aliphatic carbocycles. The fourth-order valence-electron chi connectivity index (χ4n) is 1.30. The van der Waals surface area contributed by atoms with Gasteiger partial charge in [-0.05, 0) is 18.6 Å². The van der Waals surface area contributed by atoms with E-state index in [4.69, 9.17) is 5.73 Å². The van der Waals surface area contributed by atoms with E-state index in [9.17, 15) is 9.59 Å². The van der Waals surface area contributed by atoms with Crippen molar-refractivity contribution in [1.29, 1.82) is 0 Å². The highest BCUT2D eigenvalue weighted by Crippen LogP contribution is 2.04. The Morgan fingerprint density at radius 3 is 2.67 bits per heavy atom. The van der Waals surface area contributed by atoms with E-state index in [1.54, 1.807) is 12.1 Å². The number of aromatic nitrogens is 1. The van der Waals surface area contributed by atoms with Gasteiger partial charge in [0.2, 0.25) is 11.8 Å². The Bertz CT molecular complexity index is 403. The van der Waals surface area contributed by atoms with E-state index in [2.05, 4.69) is 15.6 Å². The summed E-state index contributed by atoms with van der Waals surface area (Å²) in [6.45, 7) is 3.20. The van der Waals surface area contributed by atoms with Gasteiger partial charge in [0.1, 0.15) is 5.82 Å². The number of nitrogens with one attached hydrogen (secondary N) is 2. The molecule has 2 amide bonds. The van der Waals surface area contributed by atoms with Crippen LogP contribution in [0.2, 0.25) is 0 Å². The minimum Gasteiger partial charge on any atom is -0.370 e. The van der Waals surface area contributed by atoms with Crippen molar-refractivity contribution in [3.63, 3.8) is 0 Å². The molecule has 0 aromatic carbocycles. The zero-order chi connectivity index (χ0) is 13.4. The lowest BCUT2D eigenvalue weighted by atomic mass is 10.3. The summed E-state index contributed by atoms with van der Waals surface area (Å²) in [5, 5.41) is 5.78. The Balaban J connectivity index is 2.31. The molecular weight excluding hydrogens is 232 g/mol. The highest BCUT2D eigenvalue weighted by atomic mass is 16.1. The minimum atomic E-state index is -0.506. The quantitative estimate of drug-likeness (QED) is 0.656. The summed E-state index contributed by atoms with van der Waals surface area (Å²) in [6, 6.07) is 3.25. The zero-order valence-corrected chi connectivity index (χ0v) is 10.4. The second-order valence-corrected chi connectivity index (χ2v) is 3.82. The molecule has 0 atom stereocenters. The van der Waals surface area contributed by atoms with Crippen LogP contribution in [0.5, 0.6) is 0 Å². The first kappa shape index (κ1) is 14.0. The van der Waals surface area contributed by atoms with Gasteiger partial charge in [-0.1, -0.05) is 6.92 Å². The van der Waals surface area contributed by atoms with Gasteiger partial charge in [-0.25, -0.2) is 4.98 Å². The number of pyridine rings is 1. The molecule has 4 N–H and O–H groups in total. The Hall–Kier alpha value is -2.11. The standard InChI is InChI=1S/C12H18N4O2/c1-2-6-15-11(17)5-7-14-10-4-3-9(8-16-10)12(13)18/h3-4,8H,2,5-7H2,1H3,(H2,13,18)(H,14,16)(H,15,17). The number of hydrogen-bond donors (Lipinski definition) is 3. The molecule has 0 radical (unpaired) electrons. The maximum atomic E-state index is 11.3. The average molecular weight is 250 g/mol. The Morgan fingerprint density at radius 1 is 1.33 bits per heavy atom. The minimum absolute atomic E-state index is 0.0121.